The summed E-state index contributed by atoms with van der Waals surface area (Å²) in [5.41, 5.74) is 2.14. The van der Waals surface area contributed by atoms with Gasteiger partial charge in [0.15, 0.2) is 0 Å². The number of nitrogens with one attached hydrogen (secondary N) is 1. The maximum atomic E-state index is 5.81. The summed E-state index contributed by atoms with van der Waals surface area (Å²) < 4.78 is 0. The van der Waals surface area contributed by atoms with E-state index in [9.17, 15) is 0 Å². The van der Waals surface area contributed by atoms with Gasteiger partial charge in [0.25, 0.3) is 0 Å². The number of rotatable bonds is 3. The normalized spacial score (nSPS) is 9.77. The largest absolute Gasteiger partial charge is 0.380 e. The van der Waals surface area contributed by atoms with Gasteiger partial charge in [-0.15, -0.1) is 0 Å². The number of benzene rings is 1. The summed E-state index contributed by atoms with van der Waals surface area (Å²) in [6, 6.07) is 5.67. The molecule has 0 spiro atoms. The molecule has 0 aromatic heterocycles. The van der Waals surface area contributed by atoms with E-state index in [0.29, 0.717) is 11.6 Å². The minimum absolute atomic E-state index is 0.573. The van der Waals surface area contributed by atoms with Gasteiger partial charge in [0.2, 0.25) is 0 Å². The van der Waals surface area contributed by atoms with Crippen LogP contribution in [0.2, 0.25) is 5.02 Å². The van der Waals surface area contributed by atoms with Crippen molar-refractivity contribution < 1.29 is 0 Å². The number of hydrogen-bond acceptors (Lipinski definition) is 1. The lowest BCUT2D eigenvalue weighted by atomic mass is 10.2. The fraction of sp³-hybridized carbons (Fsp3) is 0.200. The molecule has 0 aliphatic heterocycles. The van der Waals surface area contributed by atoms with Crippen LogP contribution in [0.5, 0.6) is 0 Å². The van der Waals surface area contributed by atoms with Crippen molar-refractivity contribution in [3.05, 3.63) is 40.4 Å². The Hall–Kier alpha value is -0.660. The van der Waals surface area contributed by atoms with Crippen LogP contribution in [0.25, 0.3) is 0 Å². The Morgan fingerprint density at radius 2 is 2.23 bits per heavy atom. The van der Waals surface area contributed by atoms with Gasteiger partial charge in [-0.1, -0.05) is 29.8 Å². The van der Waals surface area contributed by atoms with Gasteiger partial charge in [-0.25, -0.2) is 0 Å². The molecule has 0 saturated carbocycles. The Kier molecular flexibility index (Phi) is 3.64. The molecule has 0 bridgehead atoms. The minimum atomic E-state index is 0.573. The maximum Gasteiger partial charge on any atom is 0.0501 e. The summed E-state index contributed by atoms with van der Waals surface area (Å²) in [6.45, 7) is 6.16. The SMILES string of the molecule is C=C(Cl)CNc1ccc(Cl)cc1C. The van der Waals surface area contributed by atoms with Crippen LogP contribution in [0.15, 0.2) is 29.8 Å². The van der Waals surface area contributed by atoms with Crippen molar-refractivity contribution >= 4 is 28.9 Å². The zero-order valence-electron chi connectivity index (χ0n) is 7.40. The van der Waals surface area contributed by atoms with Crippen molar-refractivity contribution in [3.8, 4) is 0 Å². The highest BCUT2D eigenvalue weighted by Gasteiger charge is 1.97. The molecule has 0 unspecified atom stereocenters. The fourth-order valence-corrected chi connectivity index (χ4v) is 1.31. The Morgan fingerprint density at radius 1 is 1.54 bits per heavy atom. The van der Waals surface area contributed by atoms with Gasteiger partial charge in [0.1, 0.15) is 0 Å². The number of halogens is 2. The molecule has 70 valence electrons. The topological polar surface area (TPSA) is 12.0 Å². The smallest absolute Gasteiger partial charge is 0.0501 e. The van der Waals surface area contributed by atoms with Crippen LogP contribution in [0.1, 0.15) is 5.56 Å². The van der Waals surface area contributed by atoms with Crippen LogP contribution < -0.4 is 5.32 Å². The Bertz CT molecular complexity index is 321. The molecule has 0 radical (unpaired) electrons. The van der Waals surface area contributed by atoms with Crippen molar-refractivity contribution in [2.24, 2.45) is 0 Å². The molecule has 0 heterocycles. The second-order valence-electron chi connectivity index (χ2n) is 2.83. The monoisotopic (exact) mass is 215 g/mol. The lowest BCUT2D eigenvalue weighted by molar-refractivity contribution is 1.29. The maximum absolute atomic E-state index is 5.81. The third-order valence-corrected chi connectivity index (χ3v) is 2.03. The molecule has 3 heteroatoms. The van der Waals surface area contributed by atoms with Gasteiger partial charge >= 0.3 is 0 Å². The van der Waals surface area contributed by atoms with Crippen LogP contribution in [0, 0.1) is 6.92 Å². The van der Waals surface area contributed by atoms with Crippen molar-refractivity contribution in [2.75, 3.05) is 11.9 Å². The Morgan fingerprint density at radius 3 is 2.77 bits per heavy atom. The molecule has 0 saturated heterocycles. The highest BCUT2D eigenvalue weighted by Crippen LogP contribution is 2.19. The molecule has 0 atom stereocenters. The van der Waals surface area contributed by atoms with E-state index in [4.69, 9.17) is 23.2 Å². The molecular formula is C10H11Cl2N. The van der Waals surface area contributed by atoms with E-state index < -0.39 is 0 Å². The van der Waals surface area contributed by atoms with Gasteiger partial charge in [-0.2, -0.15) is 0 Å². The molecule has 1 N–H and O–H groups in total. The van der Waals surface area contributed by atoms with Crippen LogP contribution in [-0.2, 0) is 0 Å². The third-order valence-electron chi connectivity index (χ3n) is 1.66. The zero-order chi connectivity index (χ0) is 9.84. The molecule has 1 aromatic rings. The summed E-state index contributed by atoms with van der Waals surface area (Å²) in [6.07, 6.45) is 0. The lowest BCUT2D eigenvalue weighted by Crippen LogP contribution is -2.01. The molecule has 1 rings (SSSR count). The molecule has 13 heavy (non-hydrogen) atoms. The second kappa shape index (κ2) is 4.54. The minimum Gasteiger partial charge on any atom is -0.380 e. The Labute approximate surface area is 88.4 Å². The van der Waals surface area contributed by atoms with E-state index in [0.717, 1.165) is 16.3 Å². The van der Waals surface area contributed by atoms with E-state index in [1.807, 2.05) is 25.1 Å². The van der Waals surface area contributed by atoms with E-state index >= 15 is 0 Å². The summed E-state index contributed by atoms with van der Waals surface area (Å²) in [7, 11) is 0. The molecule has 1 aromatic carbocycles. The molecule has 1 nitrogen and oxygen atoms in total. The van der Waals surface area contributed by atoms with Crippen LogP contribution >= 0.6 is 23.2 Å². The standard InChI is InChI=1S/C10H11Cl2N/c1-7-5-9(12)3-4-10(7)13-6-8(2)11/h3-5,13H,2,6H2,1H3. The van der Waals surface area contributed by atoms with E-state index in [2.05, 4.69) is 11.9 Å². The average Bonchev–Trinajstić information content (AvgIpc) is 2.02. The van der Waals surface area contributed by atoms with Gasteiger partial charge < -0.3 is 5.32 Å². The van der Waals surface area contributed by atoms with E-state index in [1.54, 1.807) is 0 Å². The first-order valence-corrected chi connectivity index (χ1v) is 4.68. The average molecular weight is 216 g/mol. The van der Waals surface area contributed by atoms with E-state index in [1.165, 1.54) is 0 Å². The molecular weight excluding hydrogens is 205 g/mol. The predicted molar refractivity (Wildman–Crippen MR) is 59.7 cm³/mol. The summed E-state index contributed by atoms with van der Waals surface area (Å²) >= 11 is 11.4. The van der Waals surface area contributed by atoms with Crippen LogP contribution in [-0.4, -0.2) is 6.54 Å². The van der Waals surface area contributed by atoms with Gasteiger partial charge in [-0.3, -0.25) is 0 Å². The molecule has 0 amide bonds. The fourth-order valence-electron chi connectivity index (χ4n) is 1.02. The number of aryl methyl sites for hydroxylation is 1. The van der Waals surface area contributed by atoms with E-state index in [-0.39, 0.29) is 0 Å². The molecule has 0 fully saturated rings. The second-order valence-corrected chi connectivity index (χ2v) is 3.80. The van der Waals surface area contributed by atoms with Crippen molar-refractivity contribution in [1.29, 1.82) is 0 Å². The third kappa shape index (κ3) is 3.29. The lowest BCUT2D eigenvalue weighted by Gasteiger charge is -2.08. The predicted octanol–water partition coefficient (Wildman–Crippen LogP) is 3.81. The van der Waals surface area contributed by atoms with Gasteiger partial charge in [0.05, 0.1) is 6.54 Å². The summed E-state index contributed by atoms with van der Waals surface area (Å²) in [4.78, 5) is 0. The van der Waals surface area contributed by atoms with Gasteiger partial charge in [-0.05, 0) is 30.7 Å². The molecule has 0 aliphatic rings. The summed E-state index contributed by atoms with van der Waals surface area (Å²) in [5, 5.41) is 4.48. The molecule has 0 aliphatic carbocycles. The van der Waals surface area contributed by atoms with Gasteiger partial charge in [0, 0.05) is 15.7 Å². The number of anilines is 1. The Balaban J connectivity index is 2.72. The first-order valence-electron chi connectivity index (χ1n) is 3.93. The zero-order valence-corrected chi connectivity index (χ0v) is 8.91. The summed E-state index contributed by atoms with van der Waals surface area (Å²) in [5.74, 6) is 0. The quantitative estimate of drug-likeness (QED) is 0.809. The highest BCUT2D eigenvalue weighted by atomic mass is 35.5. The first kappa shape index (κ1) is 10.4. The van der Waals surface area contributed by atoms with Crippen LogP contribution in [0.3, 0.4) is 0 Å². The van der Waals surface area contributed by atoms with Crippen molar-refractivity contribution in [3.63, 3.8) is 0 Å². The first-order chi connectivity index (χ1) is 6.09. The highest BCUT2D eigenvalue weighted by molar-refractivity contribution is 6.30. The van der Waals surface area contributed by atoms with Crippen molar-refractivity contribution in [1.82, 2.24) is 0 Å². The van der Waals surface area contributed by atoms with Crippen molar-refractivity contribution in [2.45, 2.75) is 6.92 Å². The van der Waals surface area contributed by atoms with Crippen LogP contribution in [0.4, 0.5) is 5.69 Å². The number of hydrogen-bond donors (Lipinski definition) is 1.